The van der Waals surface area contributed by atoms with Crippen LogP contribution in [0.2, 0.25) is 0 Å². The zero-order valence-electron chi connectivity index (χ0n) is 10.5. The highest BCUT2D eigenvalue weighted by atomic mass is 16.1. The number of hydrogen-bond donors (Lipinski definition) is 0. The van der Waals surface area contributed by atoms with E-state index in [0.717, 1.165) is 16.8 Å². The Balaban J connectivity index is 2.14. The average Bonchev–Trinajstić information content (AvgIpc) is 2.87. The molecule has 0 aliphatic heterocycles. The Bertz CT molecular complexity index is 756. The van der Waals surface area contributed by atoms with Gasteiger partial charge in [0.25, 0.3) is 5.56 Å². The van der Waals surface area contributed by atoms with Crippen molar-refractivity contribution in [3.05, 3.63) is 71.4 Å². The van der Waals surface area contributed by atoms with Gasteiger partial charge in [-0.2, -0.15) is 5.10 Å². The van der Waals surface area contributed by atoms with Crippen LogP contribution in [0.4, 0.5) is 0 Å². The monoisotopic (exact) mass is 251 g/mol. The van der Waals surface area contributed by atoms with Crippen molar-refractivity contribution in [2.24, 2.45) is 7.05 Å². The van der Waals surface area contributed by atoms with Crippen molar-refractivity contribution in [1.82, 2.24) is 14.3 Å². The van der Waals surface area contributed by atoms with Crippen molar-refractivity contribution in [3.63, 3.8) is 0 Å². The number of pyridine rings is 1. The molecule has 0 amide bonds. The normalized spacial score (nSPS) is 10.6. The van der Waals surface area contributed by atoms with E-state index in [-0.39, 0.29) is 5.56 Å². The summed E-state index contributed by atoms with van der Waals surface area (Å²) in [5.41, 5.74) is 2.78. The van der Waals surface area contributed by atoms with Gasteiger partial charge in [-0.25, -0.2) is 0 Å². The lowest BCUT2D eigenvalue weighted by molar-refractivity contribution is 0.768. The summed E-state index contributed by atoms with van der Waals surface area (Å²) in [6.07, 6.45) is 5.55. The van der Waals surface area contributed by atoms with Gasteiger partial charge in [0.05, 0.1) is 6.20 Å². The van der Waals surface area contributed by atoms with E-state index >= 15 is 0 Å². The van der Waals surface area contributed by atoms with Crippen LogP contribution in [0.1, 0.15) is 0 Å². The molecule has 4 nitrogen and oxygen atoms in total. The minimum atomic E-state index is -0.0427. The largest absolute Gasteiger partial charge is 0.284 e. The van der Waals surface area contributed by atoms with Crippen LogP contribution in [0, 0.1) is 0 Å². The highest BCUT2D eigenvalue weighted by Crippen LogP contribution is 2.17. The molecule has 2 aromatic heterocycles. The number of rotatable bonds is 2. The second-order valence-electron chi connectivity index (χ2n) is 4.36. The van der Waals surface area contributed by atoms with Crippen molar-refractivity contribution >= 4 is 0 Å². The molecular formula is C15H13N3O. The second kappa shape index (κ2) is 4.57. The number of nitrogens with zero attached hydrogens (tertiary/aromatic N) is 3. The maximum absolute atomic E-state index is 12.0. The molecule has 3 aromatic rings. The fourth-order valence-corrected chi connectivity index (χ4v) is 2.02. The van der Waals surface area contributed by atoms with Crippen LogP contribution in [0.25, 0.3) is 16.8 Å². The lowest BCUT2D eigenvalue weighted by atomic mass is 10.1. The van der Waals surface area contributed by atoms with Crippen LogP contribution >= 0.6 is 0 Å². The Hall–Kier alpha value is -2.62. The molecule has 0 aliphatic carbocycles. The summed E-state index contributed by atoms with van der Waals surface area (Å²) in [4.78, 5) is 12.0. The quantitative estimate of drug-likeness (QED) is 0.700. The van der Waals surface area contributed by atoms with Crippen LogP contribution in [-0.2, 0) is 7.05 Å². The summed E-state index contributed by atoms with van der Waals surface area (Å²) in [6, 6.07) is 13.0. The summed E-state index contributed by atoms with van der Waals surface area (Å²) in [6.45, 7) is 0. The molecule has 3 rings (SSSR count). The highest BCUT2D eigenvalue weighted by molar-refractivity contribution is 5.61. The van der Waals surface area contributed by atoms with Crippen molar-refractivity contribution in [1.29, 1.82) is 0 Å². The predicted molar refractivity (Wildman–Crippen MR) is 74.2 cm³/mol. The molecule has 0 spiro atoms. The second-order valence-corrected chi connectivity index (χ2v) is 4.36. The van der Waals surface area contributed by atoms with Crippen molar-refractivity contribution in [2.75, 3.05) is 0 Å². The Labute approximate surface area is 110 Å². The smallest absolute Gasteiger partial charge is 0.255 e. The zero-order chi connectivity index (χ0) is 13.2. The van der Waals surface area contributed by atoms with Gasteiger partial charge < -0.3 is 0 Å². The number of para-hydroxylation sites is 1. The van der Waals surface area contributed by atoms with Gasteiger partial charge >= 0.3 is 0 Å². The van der Waals surface area contributed by atoms with Gasteiger partial charge in [-0.1, -0.05) is 18.2 Å². The van der Waals surface area contributed by atoms with Crippen molar-refractivity contribution in [2.45, 2.75) is 0 Å². The summed E-state index contributed by atoms with van der Waals surface area (Å²) in [7, 11) is 1.87. The maximum atomic E-state index is 12.0. The lowest BCUT2D eigenvalue weighted by Gasteiger charge is -2.07. The third-order valence-electron chi connectivity index (χ3n) is 2.98. The van der Waals surface area contributed by atoms with Crippen LogP contribution in [0.15, 0.2) is 65.8 Å². The SMILES string of the molecule is Cn1cc(-c2ccc(=O)n(-c3ccccc3)c2)cn1. The Morgan fingerprint density at radius 3 is 2.42 bits per heavy atom. The van der Waals surface area contributed by atoms with Gasteiger partial charge in [-0.15, -0.1) is 0 Å². The van der Waals surface area contributed by atoms with E-state index in [0.29, 0.717) is 0 Å². The van der Waals surface area contributed by atoms with Gasteiger partial charge in [0.1, 0.15) is 0 Å². The summed E-state index contributed by atoms with van der Waals surface area (Å²) in [5, 5.41) is 4.15. The zero-order valence-corrected chi connectivity index (χ0v) is 10.5. The molecular weight excluding hydrogens is 238 g/mol. The molecule has 2 heterocycles. The lowest BCUT2D eigenvalue weighted by Crippen LogP contribution is -2.16. The average molecular weight is 251 g/mol. The molecule has 0 saturated carbocycles. The summed E-state index contributed by atoms with van der Waals surface area (Å²) in [5.74, 6) is 0. The van der Waals surface area contributed by atoms with E-state index < -0.39 is 0 Å². The topological polar surface area (TPSA) is 39.8 Å². The maximum Gasteiger partial charge on any atom is 0.255 e. The third-order valence-corrected chi connectivity index (χ3v) is 2.98. The van der Waals surface area contributed by atoms with Gasteiger partial charge in [0.15, 0.2) is 0 Å². The Morgan fingerprint density at radius 2 is 1.74 bits per heavy atom. The summed E-state index contributed by atoms with van der Waals surface area (Å²) >= 11 is 0. The summed E-state index contributed by atoms with van der Waals surface area (Å²) < 4.78 is 3.38. The van der Waals surface area contributed by atoms with Gasteiger partial charge in [-0.3, -0.25) is 14.0 Å². The number of aryl methyl sites for hydroxylation is 1. The predicted octanol–water partition coefficient (Wildman–Crippen LogP) is 2.24. The van der Waals surface area contributed by atoms with Crippen molar-refractivity contribution in [3.8, 4) is 16.8 Å². The molecule has 0 bridgehead atoms. The molecule has 0 aliphatic rings. The minimum Gasteiger partial charge on any atom is -0.284 e. The first-order chi connectivity index (χ1) is 9.24. The fourth-order valence-electron chi connectivity index (χ4n) is 2.02. The van der Waals surface area contributed by atoms with E-state index in [1.807, 2.05) is 55.8 Å². The van der Waals surface area contributed by atoms with E-state index in [1.54, 1.807) is 21.5 Å². The molecule has 94 valence electrons. The molecule has 0 saturated heterocycles. The Kier molecular flexibility index (Phi) is 2.76. The minimum absolute atomic E-state index is 0.0427. The van der Waals surface area contributed by atoms with E-state index in [9.17, 15) is 4.79 Å². The number of hydrogen-bond acceptors (Lipinski definition) is 2. The molecule has 4 heteroatoms. The van der Waals surface area contributed by atoms with E-state index in [1.165, 1.54) is 0 Å². The molecule has 0 fully saturated rings. The first kappa shape index (κ1) is 11.5. The fraction of sp³-hybridized carbons (Fsp3) is 0.0667. The van der Waals surface area contributed by atoms with E-state index in [4.69, 9.17) is 0 Å². The van der Waals surface area contributed by atoms with Gasteiger partial charge in [-0.05, 0) is 18.2 Å². The van der Waals surface area contributed by atoms with Gasteiger partial charge in [0, 0.05) is 42.3 Å². The number of benzene rings is 1. The first-order valence-electron chi connectivity index (χ1n) is 6.01. The van der Waals surface area contributed by atoms with Crippen molar-refractivity contribution < 1.29 is 0 Å². The standard InChI is InChI=1S/C15H13N3O/c1-17-10-13(9-16-17)12-7-8-15(19)18(11-12)14-5-3-2-4-6-14/h2-11H,1H3. The molecule has 0 unspecified atom stereocenters. The molecule has 0 atom stereocenters. The number of aromatic nitrogens is 3. The molecule has 0 radical (unpaired) electrons. The highest BCUT2D eigenvalue weighted by Gasteiger charge is 2.04. The van der Waals surface area contributed by atoms with E-state index in [2.05, 4.69) is 5.10 Å². The molecule has 0 N–H and O–H groups in total. The van der Waals surface area contributed by atoms with Crippen LogP contribution < -0.4 is 5.56 Å². The van der Waals surface area contributed by atoms with Gasteiger partial charge in [0.2, 0.25) is 0 Å². The Morgan fingerprint density at radius 1 is 0.947 bits per heavy atom. The van der Waals surface area contributed by atoms with Crippen LogP contribution in [0.5, 0.6) is 0 Å². The van der Waals surface area contributed by atoms with Crippen LogP contribution in [0.3, 0.4) is 0 Å². The first-order valence-corrected chi connectivity index (χ1v) is 6.01. The molecule has 1 aromatic carbocycles. The third kappa shape index (κ3) is 2.20. The molecule has 19 heavy (non-hydrogen) atoms. The van der Waals surface area contributed by atoms with Crippen LogP contribution in [-0.4, -0.2) is 14.3 Å².